The van der Waals surface area contributed by atoms with Crippen LogP contribution in [0.2, 0.25) is 0 Å². The van der Waals surface area contributed by atoms with Crippen LogP contribution in [0.25, 0.3) is 0 Å². The van der Waals surface area contributed by atoms with E-state index in [1.54, 1.807) is 13.8 Å². The van der Waals surface area contributed by atoms with Crippen molar-refractivity contribution in [2.24, 2.45) is 0 Å². The summed E-state index contributed by atoms with van der Waals surface area (Å²) in [4.78, 5) is 24.4. The Morgan fingerprint density at radius 3 is 2.50 bits per heavy atom. The molecule has 5 nitrogen and oxygen atoms in total. The molecule has 0 aliphatic carbocycles. The second kappa shape index (κ2) is 8.34. The Hall–Kier alpha value is -2.56. The van der Waals surface area contributed by atoms with Gasteiger partial charge in [-0.25, -0.2) is 4.79 Å². The molecule has 0 aliphatic heterocycles. The van der Waals surface area contributed by atoms with Crippen molar-refractivity contribution in [1.29, 1.82) is 0 Å². The highest BCUT2D eigenvalue weighted by Crippen LogP contribution is 2.19. The van der Waals surface area contributed by atoms with Crippen LogP contribution in [0, 0.1) is 6.92 Å². The minimum Gasteiger partial charge on any atom is -0.469 e. The van der Waals surface area contributed by atoms with Crippen molar-refractivity contribution in [3.05, 3.63) is 59.5 Å². The summed E-state index contributed by atoms with van der Waals surface area (Å²) in [6.07, 6.45) is 2.29. The van der Waals surface area contributed by atoms with Gasteiger partial charge in [0, 0.05) is 0 Å². The normalized spacial score (nSPS) is 13.1. The van der Waals surface area contributed by atoms with Crippen LogP contribution in [0.5, 0.6) is 0 Å². The number of ether oxygens (including phenoxy) is 1. The maximum absolute atomic E-state index is 12.4. The van der Waals surface area contributed by atoms with Crippen LogP contribution in [0.15, 0.2) is 47.1 Å². The van der Waals surface area contributed by atoms with E-state index in [2.05, 4.69) is 12.2 Å². The fraction of sp³-hybridized carbons (Fsp3) is 0.368. The molecule has 0 aliphatic rings. The second-order valence-corrected chi connectivity index (χ2v) is 5.70. The van der Waals surface area contributed by atoms with Crippen LogP contribution >= 0.6 is 0 Å². The average molecular weight is 329 g/mol. The number of hydrogen-bond acceptors (Lipinski definition) is 4. The quantitative estimate of drug-likeness (QED) is 0.785. The van der Waals surface area contributed by atoms with Crippen LogP contribution in [-0.4, -0.2) is 18.0 Å². The number of rotatable bonds is 7. The third kappa shape index (κ3) is 4.47. The minimum atomic E-state index is -0.880. The first-order valence-electron chi connectivity index (χ1n) is 8.13. The number of carbonyl (C=O) groups is 2. The summed E-state index contributed by atoms with van der Waals surface area (Å²) >= 11 is 0. The van der Waals surface area contributed by atoms with E-state index in [4.69, 9.17) is 9.15 Å². The third-order valence-corrected chi connectivity index (χ3v) is 3.83. The lowest BCUT2D eigenvalue weighted by Gasteiger charge is -2.21. The van der Waals surface area contributed by atoms with Gasteiger partial charge < -0.3 is 14.5 Å². The minimum absolute atomic E-state index is 0.0967. The largest absolute Gasteiger partial charge is 0.469 e. The molecule has 2 aromatic rings. The summed E-state index contributed by atoms with van der Waals surface area (Å²) in [5.41, 5.74) is 1.37. The molecule has 0 spiro atoms. The van der Waals surface area contributed by atoms with Gasteiger partial charge in [0.05, 0.1) is 12.3 Å². The fourth-order valence-electron chi connectivity index (χ4n) is 2.46. The Morgan fingerprint density at radius 2 is 1.92 bits per heavy atom. The van der Waals surface area contributed by atoms with Crippen molar-refractivity contribution in [1.82, 2.24) is 5.32 Å². The Balaban J connectivity index is 1.99. The van der Waals surface area contributed by atoms with Crippen LogP contribution in [-0.2, 0) is 9.53 Å². The molecule has 24 heavy (non-hydrogen) atoms. The van der Waals surface area contributed by atoms with Crippen molar-refractivity contribution in [2.75, 3.05) is 0 Å². The lowest BCUT2D eigenvalue weighted by Crippen LogP contribution is -2.38. The van der Waals surface area contributed by atoms with E-state index in [0.29, 0.717) is 11.3 Å². The van der Waals surface area contributed by atoms with Gasteiger partial charge in [-0.3, -0.25) is 4.79 Å². The van der Waals surface area contributed by atoms with E-state index in [1.807, 2.05) is 30.3 Å². The van der Waals surface area contributed by atoms with E-state index >= 15 is 0 Å². The number of carbonyl (C=O) groups excluding carboxylic acids is 2. The molecule has 0 fully saturated rings. The maximum Gasteiger partial charge on any atom is 0.342 e. The molecule has 2 rings (SSSR count). The van der Waals surface area contributed by atoms with Gasteiger partial charge in [0.15, 0.2) is 6.10 Å². The molecule has 2 atom stereocenters. The zero-order valence-corrected chi connectivity index (χ0v) is 14.2. The SMILES string of the molecule is CCC[C@H](NC(=O)[C@H](C)OC(=O)c1ccoc1C)c1ccccc1. The van der Waals surface area contributed by atoms with Gasteiger partial charge in [-0.15, -0.1) is 0 Å². The summed E-state index contributed by atoms with van der Waals surface area (Å²) in [6, 6.07) is 11.2. The second-order valence-electron chi connectivity index (χ2n) is 5.70. The zero-order chi connectivity index (χ0) is 17.5. The van der Waals surface area contributed by atoms with Crippen molar-refractivity contribution in [3.63, 3.8) is 0 Å². The molecular formula is C19H23NO4. The molecule has 1 N–H and O–H groups in total. The molecule has 1 aromatic heterocycles. The van der Waals surface area contributed by atoms with Gasteiger partial charge >= 0.3 is 5.97 Å². The smallest absolute Gasteiger partial charge is 0.342 e. The molecule has 5 heteroatoms. The van der Waals surface area contributed by atoms with Gasteiger partial charge in [-0.05, 0) is 31.9 Å². The van der Waals surface area contributed by atoms with Gasteiger partial charge in [-0.1, -0.05) is 43.7 Å². The van der Waals surface area contributed by atoms with Crippen LogP contribution in [0.4, 0.5) is 0 Å². The number of benzene rings is 1. The first-order chi connectivity index (χ1) is 11.5. The first kappa shape index (κ1) is 17.8. The summed E-state index contributed by atoms with van der Waals surface area (Å²) in [7, 11) is 0. The molecule has 0 saturated heterocycles. The molecule has 0 bridgehead atoms. The van der Waals surface area contributed by atoms with Gasteiger partial charge in [0.2, 0.25) is 0 Å². The predicted molar refractivity (Wildman–Crippen MR) is 90.6 cm³/mol. The Bertz CT molecular complexity index is 678. The van der Waals surface area contributed by atoms with Gasteiger partial charge in [-0.2, -0.15) is 0 Å². The van der Waals surface area contributed by atoms with Crippen LogP contribution in [0.3, 0.4) is 0 Å². The van der Waals surface area contributed by atoms with Crippen molar-refractivity contribution >= 4 is 11.9 Å². The first-order valence-corrected chi connectivity index (χ1v) is 8.13. The highest BCUT2D eigenvalue weighted by molar-refractivity contribution is 5.93. The van der Waals surface area contributed by atoms with Crippen molar-refractivity contribution in [2.45, 2.75) is 45.8 Å². The number of furan rings is 1. The molecule has 128 valence electrons. The fourth-order valence-corrected chi connectivity index (χ4v) is 2.46. The summed E-state index contributed by atoms with van der Waals surface area (Å²) in [6.45, 7) is 5.30. The zero-order valence-electron chi connectivity index (χ0n) is 14.2. The van der Waals surface area contributed by atoms with E-state index < -0.39 is 12.1 Å². The van der Waals surface area contributed by atoms with Gasteiger partial charge in [0.1, 0.15) is 11.3 Å². The van der Waals surface area contributed by atoms with E-state index in [0.717, 1.165) is 18.4 Å². The summed E-state index contributed by atoms with van der Waals surface area (Å²) in [5.74, 6) is -0.400. The molecular weight excluding hydrogens is 306 g/mol. The molecule has 0 unspecified atom stereocenters. The van der Waals surface area contributed by atoms with E-state index in [-0.39, 0.29) is 11.9 Å². The lowest BCUT2D eigenvalue weighted by atomic mass is 10.0. The predicted octanol–water partition coefficient (Wildman–Crippen LogP) is 3.79. The monoisotopic (exact) mass is 329 g/mol. The summed E-state index contributed by atoms with van der Waals surface area (Å²) < 4.78 is 10.3. The van der Waals surface area contributed by atoms with Crippen LogP contribution in [0.1, 0.15) is 54.4 Å². The van der Waals surface area contributed by atoms with Crippen LogP contribution < -0.4 is 5.32 Å². The summed E-state index contributed by atoms with van der Waals surface area (Å²) in [5, 5.41) is 2.96. The highest BCUT2D eigenvalue weighted by Gasteiger charge is 2.23. The van der Waals surface area contributed by atoms with Gasteiger partial charge in [0.25, 0.3) is 5.91 Å². The highest BCUT2D eigenvalue weighted by atomic mass is 16.5. The number of aryl methyl sites for hydroxylation is 1. The molecule has 0 saturated carbocycles. The lowest BCUT2D eigenvalue weighted by molar-refractivity contribution is -0.129. The Labute approximate surface area is 142 Å². The molecule has 0 radical (unpaired) electrons. The van der Waals surface area contributed by atoms with E-state index in [9.17, 15) is 9.59 Å². The number of nitrogens with one attached hydrogen (secondary N) is 1. The maximum atomic E-state index is 12.4. The Morgan fingerprint density at radius 1 is 1.21 bits per heavy atom. The Kier molecular flexibility index (Phi) is 6.18. The topological polar surface area (TPSA) is 68.5 Å². The van der Waals surface area contributed by atoms with Crippen molar-refractivity contribution < 1.29 is 18.7 Å². The average Bonchev–Trinajstić information content (AvgIpc) is 3.01. The molecule has 1 aromatic carbocycles. The number of hydrogen-bond donors (Lipinski definition) is 1. The molecule has 1 heterocycles. The number of esters is 1. The number of amides is 1. The standard InChI is InChI=1S/C19H23NO4/c1-4-8-17(15-9-6-5-7-10-15)20-18(21)14(3)24-19(22)16-11-12-23-13(16)2/h5-7,9-12,14,17H,4,8H2,1-3H3,(H,20,21)/t14-,17-/m0/s1. The van der Waals surface area contributed by atoms with E-state index in [1.165, 1.54) is 12.3 Å². The third-order valence-electron chi connectivity index (χ3n) is 3.83. The molecule has 1 amide bonds. The van der Waals surface area contributed by atoms with Crippen molar-refractivity contribution in [3.8, 4) is 0 Å².